The number of carbonyl (C=O) groups excluding carboxylic acids is 4. The summed E-state index contributed by atoms with van der Waals surface area (Å²) in [7, 11) is 0. The first kappa shape index (κ1) is 28.6. The Bertz CT molecular complexity index is 1510. The Kier molecular flexibility index (Phi) is 9.30. The van der Waals surface area contributed by atoms with E-state index in [1.807, 2.05) is 0 Å². The molecule has 4 atom stereocenters. The smallest absolute Gasteiger partial charge is 0.339 e. The number of hydrogen-bond donors (Lipinski definition) is 0. The van der Waals surface area contributed by atoms with Gasteiger partial charge in [0.15, 0.2) is 17.6 Å². The minimum absolute atomic E-state index is 0.204. The highest BCUT2D eigenvalue weighted by Gasteiger charge is 2.52. The van der Waals surface area contributed by atoms with Crippen LogP contribution in [-0.4, -0.2) is 53.4 Å². The van der Waals surface area contributed by atoms with Crippen LogP contribution >= 0.6 is 11.8 Å². The highest BCUT2D eigenvalue weighted by atomic mass is 32.2. The zero-order valence-electron chi connectivity index (χ0n) is 22.2. The van der Waals surface area contributed by atoms with Crippen molar-refractivity contribution in [3.63, 3.8) is 0 Å². The van der Waals surface area contributed by atoms with Crippen molar-refractivity contribution in [2.75, 3.05) is 6.61 Å². The highest BCUT2D eigenvalue weighted by Crippen LogP contribution is 2.40. The molecular weight excluding hydrogens is 556 g/mol. The van der Waals surface area contributed by atoms with Crippen LogP contribution in [-0.2, 0) is 18.9 Å². The lowest BCUT2D eigenvalue weighted by Crippen LogP contribution is -2.42. The standard InChI is InChI=1S/C33H26O8S/c34-29(22-13-5-1-6-14-22)38-21-26-27(39-30(35)23-15-7-2-8-16-23)28(40-31(36)24-17-9-3-10-18-24)33(42-26)41-32(37)25-19-11-4-12-20-25/h1-20,26-28,33H,21H2/t26-,27+,28-,33?/m0/s1. The van der Waals surface area contributed by atoms with Gasteiger partial charge in [-0.2, -0.15) is 0 Å². The largest absolute Gasteiger partial charge is 0.461 e. The van der Waals surface area contributed by atoms with Crippen molar-refractivity contribution in [1.29, 1.82) is 0 Å². The molecule has 9 heteroatoms. The second-order valence-electron chi connectivity index (χ2n) is 9.25. The monoisotopic (exact) mass is 582 g/mol. The van der Waals surface area contributed by atoms with E-state index in [-0.39, 0.29) is 17.7 Å². The van der Waals surface area contributed by atoms with Gasteiger partial charge in [0.05, 0.1) is 27.5 Å². The van der Waals surface area contributed by atoms with Crippen molar-refractivity contribution in [2.24, 2.45) is 0 Å². The number of esters is 4. The summed E-state index contributed by atoms with van der Waals surface area (Å²) in [6.07, 6.45) is -2.32. The van der Waals surface area contributed by atoms with Crippen LogP contribution in [0.4, 0.5) is 0 Å². The summed E-state index contributed by atoms with van der Waals surface area (Å²) in [4.78, 5) is 52.1. The van der Waals surface area contributed by atoms with Crippen molar-refractivity contribution in [2.45, 2.75) is 22.9 Å². The van der Waals surface area contributed by atoms with Crippen molar-refractivity contribution in [3.8, 4) is 0 Å². The third kappa shape index (κ3) is 7.05. The molecule has 0 spiro atoms. The van der Waals surface area contributed by atoms with Crippen LogP contribution in [0, 0.1) is 0 Å². The second kappa shape index (κ2) is 13.6. The average Bonchev–Trinajstić information content (AvgIpc) is 3.35. The fourth-order valence-corrected chi connectivity index (χ4v) is 5.65. The number of carbonyl (C=O) groups is 4. The lowest BCUT2D eigenvalue weighted by Gasteiger charge is -2.25. The van der Waals surface area contributed by atoms with Crippen LogP contribution in [0.5, 0.6) is 0 Å². The summed E-state index contributed by atoms with van der Waals surface area (Å²) in [5, 5.41) is -0.729. The Morgan fingerprint density at radius 3 is 1.26 bits per heavy atom. The highest BCUT2D eigenvalue weighted by molar-refractivity contribution is 8.00. The van der Waals surface area contributed by atoms with Crippen LogP contribution in [0.1, 0.15) is 41.4 Å². The van der Waals surface area contributed by atoms with Crippen LogP contribution in [0.3, 0.4) is 0 Å². The second-order valence-corrected chi connectivity index (χ2v) is 10.6. The van der Waals surface area contributed by atoms with E-state index < -0.39 is 46.8 Å². The molecule has 4 aromatic rings. The first-order valence-electron chi connectivity index (χ1n) is 13.2. The molecule has 42 heavy (non-hydrogen) atoms. The van der Waals surface area contributed by atoms with Crippen molar-refractivity contribution in [1.82, 2.24) is 0 Å². The molecule has 1 heterocycles. The van der Waals surface area contributed by atoms with Crippen LogP contribution in [0.15, 0.2) is 121 Å². The Morgan fingerprint density at radius 1 is 0.476 bits per heavy atom. The normalized spacial score (nSPS) is 19.3. The van der Waals surface area contributed by atoms with Gasteiger partial charge in [0.2, 0.25) is 0 Å². The number of hydrogen-bond acceptors (Lipinski definition) is 9. The summed E-state index contributed by atoms with van der Waals surface area (Å²) < 4.78 is 23.1. The third-order valence-corrected chi connectivity index (χ3v) is 7.78. The molecule has 4 aromatic carbocycles. The molecule has 8 nitrogen and oxygen atoms in total. The predicted octanol–water partition coefficient (Wildman–Crippen LogP) is 5.59. The van der Waals surface area contributed by atoms with Crippen LogP contribution in [0.25, 0.3) is 0 Å². The van der Waals surface area contributed by atoms with Gasteiger partial charge >= 0.3 is 23.9 Å². The van der Waals surface area contributed by atoms with Gasteiger partial charge in [-0.3, -0.25) is 0 Å². The maximum atomic E-state index is 13.2. The zero-order valence-corrected chi connectivity index (χ0v) is 23.1. The molecule has 0 aliphatic carbocycles. The van der Waals surface area contributed by atoms with Gasteiger partial charge < -0.3 is 18.9 Å². The van der Waals surface area contributed by atoms with E-state index in [0.717, 1.165) is 11.8 Å². The fraction of sp³-hybridized carbons (Fsp3) is 0.152. The number of ether oxygens (including phenoxy) is 4. The van der Waals surface area contributed by atoms with Gasteiger partial charge in [-0.1, -0.05) is 72.8 Å². The fourth-order valence-electron chi connectivity index (χ4n) is 4.28. The van der Waals surface area contributed by atoms with E-state index in [2.05, 4.69) is 0 Å². The summed E-state index contributed by atoms with van der Waals surface area (Å²) in [6.45, 7) is -0.204. The molecule has 1 saturated heterocycles. The molecule has 212 valence electrons. The van der Waals surface area contributed by atoms with Crippen molar-refractivity contribution in [3.05, 3.63) is 144 Å². The topological polar surface area (TPSA) is 105 Å². The molecule has 0 aromatic heterocycles. The Hall–Kier alpha value is -4.89. The van der Waals surface area contributed by atoms with E-state index in [4.69, 9.17) is 18.9 Å². The first-order chi connectivity index (χ1) is 20.5. The molecule has 0 bridgehead atoms. The van der Waals surface area contributed by atoms with E-state index >= 15 is 0 Å². The SMILES string of the molecule is O=C(OC[C@@H]1SC(OC(=O)c2ccccc2)[C@@H](OC(=O)c2ccccc2)[C@@H]1OC(=O)c1ccccc1)c1ccccc1. The number of benzene rings is 4. The third-order valence-electron chi connectivity index (χ3n) is 6.39. The van der Waals surface area contributed by atoms with Crippen LogP contribution in [0.2, 0.25) is 0 Å². The molecule has 0 N–H and O–H groups in total. The first-order valence-corrected chi connectivity index (χ1v) is 14.1. The van der Waals surface area contributed by atoms with Gasteiger partial charge in [-0.15, -0.1) is 11.8 Å². The molecule has 5 rings (SSSR count). The summed E-state index contributed by atoms with van der Waals surface area (Å²) in [5.74, 6) is -2.59. The minimum Gasteiger partial charge on any atom is -0.461 e. The molecule has 0 amide bonds. The van der Waals surface area contributed by atoms with E-state index in [1.54, 1.807) is 121 Å². The van der Waals surface area contributed by atoms with Gasteiger partial charge in [-0.25, -0.2) is 19.2 Å². The van der Waals surface area contributed by atoms with E-state index in [0.29, 0.717) is 11.1 Å². The molecule has 1 aliphatic rings. The van der Waals surface area contributed by atoms with Crippen molar-refractivity contribution < 1.29 is 38.1 Å². The summed E-state index contributed by atoms with van der Waals surface area (Å²) >= 11 is 1.09. The minimum atomic E-state index is -1.21. The van der Waals surface area contributed by atoms with Gasteiger partial charge in [0.25, 0.3) is 0 Å². The quantitative estimate of drug-likeness (QED) is 0.184. The zero-order chi connectivity index (χ0) is 29.3. The predicted molar refractivity (Wildman–Crippen MR) is 155 cm³/mol. The molecular formula is C33H26O8S. The van der Waals surface area contributed by atoms with E-state index in [9.17, 15) is 19.2 Å². The van der Waals surface area contributed by atoms with Gasteiger partial charge in [0, 0.05) is 0 Å². The lowest BCUT2D eigenvalue weighted by atomic mass is 10.1. The van der Waals surface area contributed by atoms with Gasteiger partial charge in [-0.05, 0) is 48.5 Å². The van der Waals surface area contributed by atoms with E-state index in [1.165, 1.54) is 0 Å². The molecule has 1 unspecified atom stereocenters. The molecule has 1 fully saturated rings. The lowest BCUT2D eigenvalue weighted by molar-refractivity contribution is -0.0607. The number of rotatable bonds is 9. The summed E-state index contributed by atoms with van der Waals surface area (Å²) in [5.41, 5.74) is 0.114. The Balaban J connectivity index is 1.43. The maximum Gasteiger partial charge on any atom is 0.339 e. The van der Waals surface area contributed by atoms with Crippen LogP contribution < -0.4 is 0 Å². The Morgan fingerprint density at radius 2 is 0.833 bits per heavy atom. The Labute approximate surface area is 246 Å². The molecule has 0 saturated carbocycles. The maximum absolute atomic E-state index is 13.2. The molecule has 0 radical (unpaired) electrons. The van der Waals surface area contributed by atoms with Gasteiger partial charge in [0.1, 0.15) is 6.61 Å². The number of thioether (sulfide) groups is 1. The van der Waals surface area contributed by atoms with Crippen molar-refractivity contribution >= 4 is 35.6 Å². The summed E-state index contributed by atoms with van der Waals surface area (Å²) in [6, 6.07) is 33.4. The average molecular weight is 583 g/mol. The molecule has 1 aliphatic heterocycles.